The maximum atomic E-state index is 13.4. The number of hydrogen-bond donors (Lipinski definition) is 1. The first-order valence-corrected chi connectivity index (χ1v) is 5.65. The van der Waals surface area contributed by atoms with Gasteiger partial charge in [0.1, 0.15) is 6.04 Å². The quantitative estimate of drug-likeness (QED) is 0.781. The summed E-state index contributed by atoms with van der Waals surface area (Å²) in [6.07, 6.45) is -3.48. The molecule has 1 aromatic carbocycles. The molecule has 1 nitrogen and oxygen atoms in total. The van der Waals surface area contributed by atoms with Gasteiger partial charge in [-0.1, -0.05) is 13.0 Å². The zero-order valence-corrected chi connectivity index (χ0v) is 10.1. The number of benzene rings is 1. The number of halogens is 6. The normalized spacial score (nSPS) is 13.9. The number of hydrogen-bond acceptors (Lipinski definition) is 1. The van der Waals surface area contributed by atoms with Crippen LogP contribution < -0.4 is 5.32 Å². The van der Waals surface area contributed by atoms with E-state index in [0.29, 0.717) is 18.6 Å². The van der Waals surface area contributed by atoms with E-state index < -0.39 is 35.6 Å². The zero-order valence-electron chi connectivity index (χ0n) is 10.1. The Hall–Kier alpha value is -1.24. The van der Waals surface area contributed by atoms with Gasteiger partial charge in [-0.15, -0.1) is 0 Å². The molecule has 0 saturated heterocycles. The predicted molar refractivity (Wildman–Crippen MR) is 58.3 cm³/mol. The predicted octanol–water partition coefficient (Wildman–Crippen LogP) is 3.91. The maximum Gasteiger partial charge on any atom is 0.326 e. The van der Waals surface area contributed by atoms with E-state index in [2.05, 4.69) is 5.32 Å². The molecule has 0 saturated carbocycles. The second-order valence-electron chi connectivity index (χ2n) is 4.04. The van der Waals surface area contributed by atoms with Crippen LogP contribution in [-0.2, 0) is 0 Å². The molecule has 108 valence electrons. The van der Waals surface area contributed by atoms with Crippen molar-refractivity contribution in [2.45, 2.75) is 31.7 Å². The number of nitrogens with one attached hydrogen (secondary N) is 1. The van der Waals surface area contributed by atoms with E-state index in [-0.39, 0.29) is 6.54 Å². The van der Waals surface area contributed by atoms with Gasteiger partial charge in [0.25, 0.3) is 0 Å². The highest BCUT2D eigenvalue weighted by atomic mass is 19.3. The van der Waals surface area contributed by atoms with Gasteiger partial charge in [0.15, 0.2) is 11.6 Å². The van der Waals surface area contributed by atoms with E-state index in [1.54, 1.807) is 6.92 Å². The fourth-order valence-corrected chi connectivity index (χ4v) is 1.58. The largest absolute Gasteiger partial charge is 0.326 e. The first-order valence-electron chi connectivity index (χ1n) is 5.65. The van der Waals surface area contributed by atoms with E-state index >= 15 is 0 Å². The van der Waals surface area contributed by atoms with E-state index in [4.69, 9.17) is 0 Å². The van der Waals surface area contributed by atoms with Gasteiger partial charge in [-0.25, -0.2) is 17.6 Å². The summed E-state index contributed by atoms with van der Waals surface area (Å²) < 4.78 is 77.4. The molecular weight excluding hydrogens is 272 g/mol. The second kappa shape index (κ2) is 6.27. The fourth-order valence-electron chi connectivity index (χ4n) is 1.58. The average molecular weight is 285 g/mol. The molecule has 1 aromatic rings. The van der Waals surface area contributed by atoms with Crippen molar-refractivity contribution >= 4 is 0 Å². The van der Waals surface area contributed by atoms with Crippen LogP contribution in [0.2, 0.25) is 0 Å². The SMILES string of the molecule is CCCNC(c1ccc(F)c(F)c1)C(F)(F)C(F)F. The summed E-state index contributed by atoms with van der Waals surface area (Å²) in [6.45, 7) is 1.71. The van der Waals surface area contributed by atoms with Crippen LogP contribution in [0.1, 0.15) is 24.9 Å². The molecule has 0 heterocycles. The van der Waals surface area contributed by atoms with Crippen molar-refractivity contribution < 1.29 is 26.3 Å². The Balaban J connectivity index is 3.12. The molecule has 1 unspecified atom stereocenters. The summed E-state index contributed by atoms with van der Waals surface area (Å²) in [7, 11) is 0. The van der Waals surface area contributed by atoms with Gasteiger partial charge in [-0.2, -0.15) is 8.78 Å². The Bertz CT molecular complexity index is 421. The van der Waals surface area contributed by atoms with Crippen molar-refractivity contribution in [3.05, 3.63) is 35.4 Å². The standard InChI is InChI=1S/C12H13F6N/c1-2-5-19-10(12(17,18)11(15)16)7-3-4-8(13)9(14)6-7/h3-4,6,10-11,19H,2,5H2,1H3. The Kier molecular flexibility index (Phi) is 5.22. The first kappa shape index (κ1) is 15.8. The summed E-state index contributed by atoms with van der Waals surface area (Å²) in [6, 6.07) is -0.0732. The lowest BCUT2D eigenvalue weighted by Crippen LogP contribution is -2.42. The summed E-state index contributed by atoms with van der Waals surface area (Å²) in [5.74, 6) is -6.95. The van der Waals surface area contributed by atoms with Crippen molar-refractivity contribution in [2.24, 2.45) is 0 Å². The van der Waals surface area contributed by atoms with Gasteiger partial charge in [0.2, 0.25) is 0 Å². The third-order valence-corrected chi connectivity index (χ3v) is 2.55. The van der Waals surface area contributed by atoms with Gasteiger partial charge in [0.05, 0.1) is 0 Å². The number of alkyl halides is 4. The molecule has 0 bridgehead atoms. The van der Waals surface area contributed by atoms with Crippen LogP contribution in [0.4, 0.5) is 26.3 Å². The number of rotatable bonds is 6. The van der Waals surface area contributed by atoms with Crippen LogP contribution in [0.5, 0.6) is 0 Å². The molecule has 7 heteroatoms. The molecule has 0 spiro atoms. The minimum Gasteiger partial charge on any atom is -0.305 e. The lowest BCUT2D eigenvalue weighted by Gasteiger charge is -2.27. The lowest BCUT2D eigenvalue weighted by molar-refractivity contribution is -0.151. The summed E-state index contributed by atoms with van der Waals surface area (Å²) in [5.41, 5.74) is -0.419. The first-order chi connectivity index (χ1) is 8.80. The van der Waals surface area contributed by atoms with Gasteiger partial charge < -0.3 is 5.32 Å². The Morgan fingerprint density at radius 3 is 2.26 bits per heavy atom. The molecule has 1 atom stereocenters. The molecule has 0 aliphatic rings. The summed E-state index contributed by atoms with van der Waals surface area (Å²) >= 11 is 0. The van der Waals surface area contributed by atoms with Crippen molar-refractivity contribution in [2.75, 3.05) is 6.54 Å². The highest BCUT2D eigenvalue weighted by Crippen LogP contribution is 2.37. The molecule has 1 rings (SSSR count). The highest BCUT2D eigenvalue weighted by Gasteiger charge is 2.49. The van der Waals surface area contributed by atoms with Gasteiger partial charge >= 0.3 is 12.3 Å². The third kappa shape index (κ3) is 3.62. The van der Waals surface area contributed by atoms with Crippen molar-refractivity contribution in [3.8, 4) is 0 Å². The molecule has 0 aliphatic carbocycles. The second-order valence-corrected chi connectivity index (χ2v) is 4.04. The summed E-state index contributed by atoms with van der Waals surface area (Å²) in [4.78, 5) is 0. The molecule has 0 aromatic heterocycles. The molecule has 0 fully saturated rings. The lowest BCUT2D eigenvalue weighted by atomic mass is 10.00. The average Bonchev–Trinajstić information content (AvgIpc) is 2.33. The van der Waals surface area contributed by atoms with Gasteiger partial charge in [-0.3, -0.25) is 0 Å². The monoisotopic (exact) mass is 285 g/mol. The highest BCUT2D eigenvalue weighted by molar-refractivity contribution is 5.23. The van der Waals surface area contributed by atoms with Gasteiger partial charge in [-0.05, 0) is 30.7 Å². The van der Waals surface area contributed by atoms with E-state index in [1.807, 2.05) is 0 Å². The Labute approximate surface area is 106 Å². The van der Waals surface area contributed by atoms with Gasteiger partial charge in [0, 0.05) is 0 Å². The van der Waals surface area contributed by atoms with Crippen LogP contribution in [0.25, 0.3) is 0 Å². The zero-order chi connectivity index (χ0) is 14.6. The molecule has 19 heavy (non-hydrogen) atoms. The van der Waals surface area contributed by atoms with Crippen molar-refractivity contribution in [1.29, 1.82) is 0 Å². The maximum absolute atomic E-state index is 13.4. The topological polar surface area (TPSA) is 12.0 Å². The smallest absolute Gasteiger partial charge is 0.305 e. The molecule has 1 N–H and O–H groups in total. The molecular formula is C12H13F6N. The summed E-state index contributed by atoms with van der Waals surface area (Å²) in [5, 5.41) is 2.23. The minimum atomic E-state index is -4.38. The minimum absolute atomic E-state index is 0.0476. The Morgan fingerprint density at radius 1 is 1.16 bits per heavy atom. The molecule has 0 amide bonds. The Morgan fingerprint density at radius 2 is 1.79 bits per heavy atom. The molecule has 0 radical (unpaired) electrons. The molecule has 0 aliphatic heterocycles. The van der Waals surface area contributed by atoms with Crippen LogP contribution in [-0.4, -0.2) is 18.9 Å². The fraction of sp³-hybridized carbons (Fsp3) is 0.500. The van der Waals surface area contributed by atoms with Crippen LogP contribution in [0.15, 0.2) is 18.2 Å². The van der Waals surface area contributed by atoms with E-state index in [0.717, 1.165) is 6.07 Å². The van der Waals surface area contributed by atoms with Crippen molar-refractivity contribution in [1.82, 2.24) is 5.32 Å². The van der Waals surface area contributed by atoms with Crippen LogP contribution in [0.3, 0.4) is 0 Å². The van der Waals surface area contributed by atoms with Crippen molar-refractivity contribution in [3.63, 3.8) is 0 Å². The van der Waals surface area contributed by atoms with Crippen LogP contribution >= 0.6 is 0 Å². The third-order valence-electron chi connectivity index (χ3n) is 2.55. The van der Waals surface area contributed by atoms with E-state index in [9.17, 15) is 26.3 Å². The van der Waals surface area contributed by atoms with E-state index in [1.165, 1.54) is 0 Å². The van der Waals surface area contributed by atoms with Crippen LogP contribution in [0, 0.1) is 11.6 Å².